The van der Waals surface area contributed by atoms with E-state index in [1.54, 1.807) is 29.2 Å². The standard InChI is InChI=1S/C16H20N2O3/c1-3-18(4-2)15(20)12-17-16(21)14-9-7-13(8-10-14)6-5-11-19/h7-10,19H,3-4,11-12H2,1-2H3,(H,17,21). The molecule has 5 nitrogen and oxygen atoms in total. The van der Waals surface area contributed by atoms with Crippen molar-refractivity contribution in [3.05, 3.63) is 35.4 Å². The lowest BCUT2D eigenvalue weighted by atomic mass is 10.1. The average Bonchev–Trinajstić information content (AvgIpc) is 2.52. The molecule has 1 aromatic carbocycles. The van der Waals surface area contributed by atoms with Gasteiger partial charge in [0.05, 0.1) is 6.54 Å². The number of amides is 2. The van der Waals surface area contributed by atoms with Crippen LogP contribution in [0.15, 0.2) is 24.3 Å². The number of carbonyl (C=O) groups is 2. The molecule has 112 valence electrons. The smallest absolute Gasteiger partial charge is 0.251 e. The summed E-state index contributed by atoms with van der Waals surface area (Å²) in [5.74, 6) is 4.89. The van der Waals surface area contributed by atoms with Crippen molar-refractivity contribution in [2.45, 2.75) is 13.8 Å². The maximum Gasteiger partial charge on any atom is 0.251 e. The van der Waals surface area contributed by atoms with Crippen LogP contribution in [0.25, 0.3) is 0 Å². The van der Waals surface area contributed by atoms with Gasteiger partial charge in [0.2, 0.25) is 5.91 Å². The molecule has 0 aliphatic carbocycles. The van der Waals surface area contributed by atoms with Crippen molar-refractivity contribution in [2.24, 2.45) is 0 Å². The Morgan fingerprint density at radius 3 is 2.33 bits per heavy atom. The van der Waals surface area contributed by atoms with Gasteiger partial charge in [0.25, 0.3) is 5.91 Å². The lowest BCUT2D eigenvalue weighted by Crippen LogP contribution is -2.39. The molecule has 0 aromatic heterocycles. The van der Waals surface area contributed by atoms with E-state index in [4.69, 9.17) is 5.11 Å². The van der Waals surface area contributed by atoms with Gasteiger partial charge in [0.1, 0.15) is 6.61 Å². The zero-order valence-electron chi connectivity index (χ0n) is 12.3. The molecule has 0 unspecified atom stereocenters. The number of aliphatic hydroxyl groups excluding tert-OH is 1. The summed E-state index contributed by atoms with van der Waals surface area (Å²) >= 11 is 0. The number of hydrogen-bond donors (Lipinski definition) is 2. The summed E-state index contributed by atoms with van der Waals surface area (Å²) < 4.78 is 0. The third kappa shape index (κ3) is 5.28. The second-order valence-electron chi connectivity index (χ2n) is 4.29. The molecule has 1 rings (SSSR count). The predicted molar refractivity (Wildman–Crippen MR) is 80.7 cm³/mol. The molecule has 21 heavy (non-hydrogen) atoms. The zero-order valence-corrected chi connectivity index (χ0v) is 12.3. The Balaban J connectivity index is 2.58. The average molecular weight is 288 g/mol. The molecule has 0 aliphatic heterocycles. The number of hydrogen-bond acceptors (Lipinski definition) is 3. The fourth-order valence-corrected chi connectivity index (χ4v) is 1.79. The van der Waals surface area contributed by atoms with Crippen LogP contribution in [0, 0.1) is 11.8 Å². The molecule has 0 aliphatic rings. The second-order valence-corrected chi connectivity index (χ2v) is 4.29. The lowest BCUT2D eigenvalue weighted by molar-refractivity contribution is -0.129. The number of benzene rings is 1. The van der Waals surface area contributed by atoms with Crippen molar-refractivity contribution >= 4 is 11.8 Å². The fourth-order valence-electron chi connectivity index (χ4n) is 1.79. The van der Waals surface area contributed by atoms with E-state index in [-0.39, 0.29) is 25.0 Å². The minimum Gasteiger partial charge on any atom is -0.384 e. The molecule has 2 amide bonds. The molecule has 0 saturated carbocycles. The highest BCUT2D eigenvalue weighted by molar-refractivity contribution is 5.96. The summed E-state index contributed by atoms with van der Waals surface area (Å²) in [5, 5.41) is 11.2. The molecule has 5 heteroatoms. The number of carbonyl (C=O) groups excluding carboxylic acids is 2. The highest BCUT2D eigenvalue weighted by atomic mass is 16.2. The van der Waals surface area contributed by atoms with Crippen molar-refractivity contribution in [3.8, 4) is 11.8 Å². The third-order valence-corrected chi connectivity index (χ3v) is 2.98. The van der Waals surface area contributed by atoms with Gasteiger partial charge in [0.15, 0.2) is 0 Å². The molecular formula is C16H20N2O3. The van der Waals surface area contributed by atoms with Crippen molar-refractivity contribution in [1.82, 2.24) is 10.2 Å². The Labute approximate surface area is 125 Å². The maximum atomic E-state index is 11.9. The summed E-state index contributed by atoms with van der Waals surface area (Å²) in [5.41, 5.74) is 1.19. The Kier molecular flexibility index (Phi) is 6.99. The molecule has 0 atom stereocenters. The van der Waals surface area contributed by atoms with E-state index in [9.17, 15) is 9.59 Å². The Morgan fingerprint density at radius 1 is 1.19 bits per heavy atom. The van der Waals surface area contributed by atoms with Crippen LogP contribution >= 0.6 is 0 Å². The van der Waals surface area contributed by atoms with Crippen molar-refractivity contribution < 1.29 is 14.7 Å². The van der Waals surface area contributed by atoms with Crippen LogP contribution < -0.4 is 5.32 Å². The van der Waals surface area contributed by atoms with Crippen LogP contribution in [-0.2, 0) is 4.79 Å². The highest BCUT2D eigenvalue weighted by Gasteiger charge is 2.11. The predicted octanol–water partition coefficient (Wildman–Crippen LogP) is 0.629. The number of likely N-dealkylation sites (N-methyl/N-ethyl adjacent to an activating group) is 1. The van der Waals surface area contributed by atoms with Crippen LogP contribution in [0.3, 0.4) is 0 Å². The van der Waals surface area contributed by atoms with Gasteiger partial charge in [-0.2, -0.15) is 0 Å². The van der Waals surface area contributed by atoms with Gasteiger partial charge in [-0.1, -0.05) is 11.8 Å². The monoisotopic (exact) mass is 288 g/mol. The summed E-state index contributed by atoms with van der Waals surface area (Å²) in [6.07, 6.45) is 0. The first-order valence-electron chi connectivity index (χ1n) is 6.88. The number of rotatable bonds is 5. The minimum absolute atomic E-state index is 0.00736. The van der Waals surface area contributed by atoms with Crippen LogP contribution in [0.1, 0.15) is 29.8 Å². The number of nitrogens with zero attached hydrogens (tertiary/aromatic N) is 1. The summed E-state index contributed by atoms with van der Waals surface area (Å²) in [4.78, 5) is 25.4. The molecule has 2 N–H and O–H groups in total. The first kappa shape index (κ1) is 16.7. The van der Waals surface area contributed by atoms with Crippen LogP contribution in [0.4, 0.5) is 0 Å². The summed E-state index contributed by atoms with van der Waals surface area (Å²) in [6.45, 7) is 4.85. The Hall–Kier alpha value is -2.32. The number of aliphatic hydroxyl groups is 1. The van der Waals surface area contributed by atoms with E-state index in [1.807, 2.05) is 13.8 Å². The first-order valence-corrected chi connectivity index (χ1v) is 6.88. The fraction of sp³-hybridized carbons (Fsp3) is 0.375. The van der Waals surface area contributed by atoms with E-state index in [0.29, 0.717) is 18.7 Å². The van der Waals surface area contributed by atoms with Gasteiger partial charge >= 0.3 is 0 Å². The first-order chi connectivity index (χ1) is 10.1. The van der Waals surface area contributed by atoms with Gasteiger partial charge in [0, 0.05) is 24.2 Å². The molecule has 0 radical (unpaired) electrons. The van der Waals surface area contributed by atoms with E-state index < -0.39 is 0 Å². The summed E-state index contributed by atoms with van der Waals surface area (Å²) in [6, 6.07) is 6.67. The second kappa shape index (κ2) is 8.77. The quantitative estimate of drug-likeness (QED) is 0.781. The molecule has 1 aromatic rings. The van der Waals surface area contributed by atoms with Crippen molar-refractivity contribution in [3.63, 3.8) is 0 Å². The van der Waals surface area contributed by atoms with Gasteiger partial charge in [-0.05, 0) is 38.1 Å². The third-order valence-electron chi connectivity index (χ3n) is 2.98. The van der Waals surface area contributed by atoms with E-state index in [0.717, 1.165) is 5.56 Å². The minimum atomic E-state index is -0.294. The van der Waals surface area contributed by atoms with Gasteiger partial charge in [-0.3, -0.25) is 9.59 Å². The topological polar surface area (TPSA) is 69.6 Å². The molecular weight excluding hydrogens is 268 g/mol. The Bertz CT molecular complexity index is 537. The van der Waals surface area contributed by atoms with Crippen molar-refractivity contribution in [1.29, 1.82) is 0 Å². The number of nitrogens with one attached hydrogen (secondary N) is 1. The maximum absolute atomic E-state index is 11.9. The van der Waals surface area contributed by atoms with Crippen LogP contribution in [-0.4, -0.2) is 48.1 Å². The van der Waals surface area contributed by atoms with Crippen LogP contribution in [0.2, 0.25) is 0 Å². The largest absolute Gasteiger partial charge is 0.384 e. The SMILES string of the molecule is CCN(CC)C(=O)CNC(=O)c1ccc(C#CCO)cc1. The van der Waals surface area contributed by atoms with Crippen LogP contribution in [0.5, 0.6) is 0 Å². The molecule has 0 spiro atoms. The summed E-state index contributed by atoms with van der Waals surface area (Å²) in [7, 11) is 0. The lowest BCUT2D eigenvalue weighted by Gasteiger charge is -2.18. The zero-order chi connectivity index (χ0) is 15.7. The van der Waals surface area contributed by atoms with E-state index in [2.05, 4.69) is 17.2 Å². The van der Waals surface area contributed by atoms with Gasteiger partial charge in [-0.15, -0.1) is 0 Å². The molecule has 0 saturated heterocycles. The van der Waals surface area contributed by atoms with Crippen molar-refractivity contribution in [2.75, 3.05) is 26.2 Å². The van der Waals surface area contributed by atoms with E-state index >= 15 is 0 Å². The molecule has 0 fully saturated rings. The normalized spacial score (nSPS) is 9.48. The van der Waals surface area contributed by atoms with Gasteiger partial charge in [-0.25, -0.2) is 0 Å². The Morgan fingerprint density at radius 2 is 1.81 bits per heavy atom. The van der Waals surface area contributed by atoms with E-state index in [1.165, 1.54) is 0 Å². The van der Waals surface area contributed by atoms with Gasteiger partial charge < -0.3 is 15.3 Å². The molecule has 0 bridgehead atoms. The molecule has 0 heterocycles. The highest BCUT2D eigenvalue weighted by Crippen LogP contribution is 2.03.